The minimum absolute atomic E-state index is 0.131. The maximum atomic E-state index is 12.2. The molecule has 0 aliphatic carbocycles. The molecule has 1 fully saturated rings. The molecule has 102 valence electrons. The molecule has 0 radical (unpaired) electrons. The summed E-state index contributed by atoms with van der Waals surface area (Å²) in [6.07, 6.45) is 6.77. The molecular formula is C13H21NO3S. The molecule has 1 aromatic heterocycles. The van der Waals surface area contributed by atoms with Gasteiger partial charge in [-0.1, -0.05) is 13.3 Å². The molecule has 1 aliphatic heterocycles. The Balaban J connectivity index is 2.22. The van der Waals surface area contributed by atoms with E-state index in [0.717, 1.165) is 37.8 Å². The number of sulfone groups is 1. The molecule has 0 spiro atoms. The van der Waals surface area contributed by atoms with Gasteiger partial charge in [-0.25, -0.2) is 8.42 Å². The van der Waals surface area contributed by atoms with Gasteiger partial charge < -0.3 is 9.73 Å². The molecule has 0 bridgehead atoms. The first-order valence-electron chi connectivity index (χ1n) is 6.62. The average Bonchev–Trinajstić information content (AvgIpc) is 2.85. The van der Waals surface area contributed by atoms with E-state index in [1.165, 1.54) is 0 Å². The first-order chi connectivity index (χ1) is 8.65. The van der Waals surface area contributed by atoms with E-state index in [0.29, 0.717) is 5.75 Å². The average molecular weight is 271 g/mol. The fourth-order valence-electron chi connectivity index (χ4n) is 2.57. The van der Waals surface area contributed by atoms with Crippen molar-refractivity contribution in [3.63, 3.8) is 0 Å². The molecule has 0 aromatic carbocycles. The summed E-state index contributed by atoms with van der Waals surface area (Å²) in [5, 5.41) is 3.05. The van der Waals surface area contributed by atoms with Gasteiger partial charge in [-0.05, 0) is 31.9 Å². The fourth-order valence-corrected chi connectivity index (χ4v) is 4.67. The molecule has 2 unspecified atom stereocenters. The standard InChI is InChI=1S/C13H21NO3S/c1-2-7-14-13(11-6-8-17-10-11)12-5-3-4-9-18(12,15)16/h6,8,10,12-14H,2-5,7,9H2,1H3. The summed E-state index contributed by atoms with van der Waals surface area (Å²) < 4.78 is 29.5. The Kier molecular flexibility index (Phi) is 4.45. The molecule has 2 heterocycles. The van der Waals surface area contributed by atoms with Crippen LogP contribution in [-0.4, -0.2) is 26.0 Å². The summed E-state index contributed by atoms with van der Waals surface area (Å²) in [5.74, 6) is 0.319. The lowest BCUT2D eigenvalue weighted by Gasteiger charge is -2.30. The summed E-state index contributed by atoms with van der Waals surface area (Å²) in [6.45, 7) is 2.90. The van der Waals surface area contributed by atoms with Gasteiger partial charge in [0.15, 0.2) is 9.84 Å². The normalized spacial score (nSPS) is 24.8. The van der Waals surface area contributed by atoms with Crippen molar-refractivity contribution < 1.29 is 12.8 Å². The van der Waals surface area contributed by atoms with Crippen LogP contribution in [0.25, 0.3) is 0 Å². The van der Waals surface area contributed by atoms with Crippen molar-refractivity contribution in [3.8, 4) is 0 Å². The molecule has 1 aromatic rings. The zero-order chi connectivity index (χ0) is 13.0. The molecule has 0 saturated carbocycles. The first kappa shape index (κ1) is 13.6. The van der Waals surface area contributed by atoms with Gasteiger partial charge in [-0.3, -0.25) is 0 Å². The smallest absolute Gasteiger partial charge is 0.155 e. The largest absolute Gasteiger partial charge is 0.472 e. The molecule has 2 atom stereocenters. The number of nitrogens with one attached hydrogen (secondary N) is 1. The quantitative estimate of drug-likeness (QED) is 0.892. The molecule has 1 saturated heterocycles. The summed E-state index contributed by atoms with van der Waals surface area (Å²) in [7, 11) is -2.98. The summed E-state index contributed by atoms with van der Waals surface area (Å²) in [4.78, 5) is 0. The second-order valence-corrected chi connectivity index (χ2v) is 7.23. The lowest BCUT2D eigenvalue weighted by molar-refractivity contribution is 0.442. The zero-order valence-corrected chi connectivity index (χ0v) is 11.6. The first-order valence-corrected chi connectivity index (χ1v) is 8.33. The van der Waals surface area contributed by atoms with Gasteiger partial charge in [0.2, 0.25) is 0 Å². The highest BCUT2D eigenvalue weighted by Gasteiger charge is 2.36. The van der Waals surface area contributed by atoms with E-state index < -0.39 is 9.84 Å². The van der Waals surface area contributed by atoms with Gasteiger partial charge in [0, 0.05) is 5.56 Å². The molecule has 1 N–H and O–H groups in total. The van der Waals surface area contributed by atoms with E-state index >= 15 is 0 Å². The number of rotatable bonds is 5. The summed E-state index contributed by atoms with van der Waals surface area (Å²) in [5.41, 5.74) is 0.943. The highest BCUT2D eigenvalue weighted by molar-refractivity contribution is 7.92. The third-order valence-electron chi connectivity index (χ3n) is 3.52. The van der Waals surface area contributed by atoms with Crippen LogP contribution in [0.4, 0.5) is 0 Å². The molecule has 0 amide bonds. The fraction of sp³-hybridized carbons (Fsp3) is 0.692. The minimum atomic E-state index is -2.98. The van der Waals surface area contributed by atoms with E-state index in [2.05, 4.69) is 12.2 Å². The maximum absolute atomic E-state index is 12.2. The number of hydrogen-bond acceptors (Lipinski definition) is 4. The monoisotopic (exact) mass is 271 g/mol. The molecule has 18 heavy (non-hydrogen) atoms. The van der Waals surface area contributed by atoms with Gasteiger partial charge in [0.1, 0.15) is 0 Å². The van der Waals surface area contributed by atoms with Crippen LogP contribution in [0.15, 0.2) is 23.0 Å². The molecular weight excluding hydrogens is 250 g/mol. The Labute approximate surface area is 109 Å². The Morgan fingerprint density at radius 3 is 2.94 bits per heavy atom. The SMILES string of the molecule is CCCNC(c1ccoc1)C1CCCCS1(=O)=O. The second kappa shape index (κ2) is 5.89. The Morgan fingerprint density at radius 2 is 2.33 bits per heavy atom. The Morgan fingerprint density at radius 1 is 1.50 bits per heavy atom. The summed E-state index contributed by atoms with van der Waals surface area (Å²) >= 11 is 0. The van der Waals surface area contributed by atoms with Crippen LogP contribution in [-0.2, 0) is 9.84 Å². The van der Waals surface area contributed by atoms with E-state index in [9.17, 15) is 8.42 Å². The van der Waals surface area contributed by atoms with Crippen LogP contribution in [0.5, 0.6) is 0 Å². The third-order valence-corrected chi connectivity index (χ3v) is 5.81. The van der Waals surface area contributed by atoms with Crippen molar-refractivity contribution in [2.45, 2.75) is 43.9 Å². The second-order valence-electron chi connectivity index (χ2n) is 4.89. The molecule has 4 nitrogen and oxygen atoms in total. The van der Waals surface area contributed by atoms with Gasteiger partial charge in [-0.15, -0.1) is 0 Å². The van der Waals surface area contributed by atoms with Crippen molar-refractivity contribution in [3.05, 3.63) is 24.2 Å². The summed E-state index contributed by atoms with van der Waals surface area (Å²) in [6, 6.07) is 1.73. The van der Waals surface area contributed by atoms with E-state index in [1.807, 2.05) is 6.07 Å². The van der Waals surface area contributed by atoms with Crippen LogP contribution in [0, 0.1) is 0 Å². The predicted molar refractivity (Wildman–Crippen MR) is 71.2 cm³/mol. The van der Waals surface area contributed by atoms with Crippen molar-refractivity contribution >= 4 is 9.84 Å². The number of furan rings is 1. The van der Waals surface area contributed by atoms with Crippen molar-refractivity contribution in [1.29, 1.82) is 0 Å². The van der Waals surface area contributed by atoms with Gasteiger partial charge in [-0.2, -0.15) is 0 Å². The predicted octanol–water partition coefficient (Wildman–Crippen LogP) is 2.29. The molecule has 5 heteroatoms. The van der Waals surface area contributed by atoms with Gasteiger partial charge in [0.05, 0.1) is 29.6 Å². The lowest BCUT2D eigenvalue weighted by Crippen LogP contribution is -2.40. The van der Waals surface area contributed by atoms with Crippen molar-refractivity contribution in [2.75, 3.05) is 12.3 Å². The van der Waals surface area contributed by atoms with E-state index in [1.54, 1.807) is 12.5 Å². The number of hydrogen-bond donors (Lipinski definition) is 1. The van der Waals surface area contributed by atoms with Crippen LogP contribution >= 0.6 is 0 Å². The van der Waals surface area contributed by atoms with Gasteiger partial charge in [0.25, 0.3) is 0 Å². The van der Waals surface area contributed by atoms with E-state index in [-0.39, 0.29) is 11.3 Å². The Hall–Kier alpha value is -0.810. The molecule has 1 aliphatic rings. The van der Waals surface area contributed by atoms with Crippen LogP contribution < -0.4 is 5.32 Å². The van der Waals surface area contributed by atoms with Crippen LogP contribution in [0.3, 0.4) is 0 Å². The van der Waals surface area contributed by atoms with Crippen LogP contribution in [0.2, 0.25) is 0 Å². The topological polar surface area (TPSA) is 59.3 Å². The van der Waals surface area contributed by atoms with E-state index in [4.69, 9.17) is 4.42 Å². The third kappa shape index (κ3) is 2.95. The lowest BCUT2D eigenvalue weighted by atomic mass is 10.0. The van der Waals surface area contributed by atoms with Crippen molar-refractivity contribution in [2.24, 2.45) is 0 Å². The highest BCUT2D eigenvalue weighted by atomic mass is 32.2. The molecule has 2 rings (SSSR count). The Bertz CT molecular complexity index is 453. The van der Waals surface area contributed by atoms with Gasteiger partial charge >= 0.3 is 0 Å². The minimum Gasteiger partial charge on any atom is -0.472 e. The van der Waals surface area contributed by atoms with Crippen LogP contribution in [0.1, 0.15) is 44.2 Å². The van der Waals surface area contributed by atoms with Crippen molar-refractivity contribution in [1.82, 2.24) is 5.32 Å². The zero-order valence-electron chi connectivity index (χ0n) is 10.8. The maximum Gasteiger partial charge on any atom is 0.155 e. The highest BCUT2D eigenvalue weighted by Crippen LogP contribution is 2.31.